The molecule has 4 nitrogen and oxygen atoms in total. The van der Waals surface area contributed by atoms with Gasteiger partial charge in [-0.2, -0.15) is 5.26 Å². The lowest BCUT2D eigenvalue weighted by Crippen LogP contribution is -2.28. The van der Waals surface area contributed by atoms with Crippen molar-refractivity contribution in [3.8, 4) is 6.07 Å². The van der Waals surface area contributed by atoms with Crippen molar-refractivity contribution < 1.29 is 4.74 Å². The summed E-state index contributed by atoms with van der Waals surface area (Å²) in [6, 6.07) is 6.17. The standard InChI is InChI=1S/C13H19N3O/c1-12-5-3-7-15-13(12)11-16(8-4-6-14)9-10-17-2/h3,5,7H,4,8-11H2,1-2H3. The zero-order valence-electron chi connectivity index (χ0n) is 10.5. The lowest BCUT2D eigenvalue weighted by molar-refractivity contribution is 0.144. The zero-order valence-corrected chi connectivity index (χ0v) is 10.5. The van der Waals surface area contributed by atoms with E-state index in [1.165, 1.54) is 5.56 Å². The second-order valence-corrected chi connectivity index (χ2v) is 3.94. The molecular weight excluding hydrogens is 214 g/mol. The largest absolute Gasteiger partial charge is 0.383 e. The average molecular weight is 233 g/mol. The summed E-state index contributed by atoms with van der Waals surface area (Å²) in [6.45, 7) is 5.10. The van der Waals surface area contributed by atoms with Gasteiger partial charge in [-0.3, -0.25) is 9.88 Å². The van der Waals surface area contributed by atoms with Crippen LogP contribution >= 0.6 is 0 Å². The highest BCUT2D eigenvalue weighted by Crippen LogP contribution is 2.07. The highest BCUT2D eigenvalue weighted by atomic mass is 16.5. The van der Waals surface area contributed by atoms with Crippen LogP contribution in [0.3, 0.4) is 0 Å². The third kappa shape index (κ3) is 4.94. The summed E-state index contributed by atoms with van der Waals surface area (Å²) < 4.78 is 5.08. The van der Waals surface area contributed by atoms with Crippen LogP contribution < -0.4 is 0 Å². The molecule has 4 heteroatoms. The number of pyridine rings is 1. The van der Waals surface area contributed by atoms with Crippen LogP contribution in [0, 0.1) is 18.3 Å². The Balaban J connectivity index is 2.58. The summed E-state index contributed by atoms with van der Waals surface area (Å²) in [7, 11) is 1.69. The van der Waals surface area contributed by atoms with E-state index in [1.54, 1.807) is 13.3 Å². The van der Waals surface area contributed by atoms with Crippen molar-refractivity contribution in [3.05, 3.63) is 29.6 Å². The Morgan fingerprint density at radius 2 is 2.29 bits per heavy atom. The molecule has 0 saturated carbocycles. The van der Waals surface area contributed by atoms with Gasteiger partial charge in [0.15, 0.2) is 0 Å². The number of hydrogen-bond donors (Lipinski definition) is 0. The lowest BCUT2D eigenvalue weighted by atomic mass is 10.2. The highest BCUT2D eigenvalue weighted by Gasteiger charge is 2.08. The number of hydrogen-bond acceptors (Lipinski definition) is 4. The van der Waals surface area contributed by atoms with Gasteiger partial charge in [-0.05, 0) is 18.6 Å². The lowest BCUT2D eigenvalue weighted by Gasteiger charge is -2.20. The normalized spacial score (nSPS) is 10.5. The second kappa shape index (κ2) is 7.77. The molecule has 0 radical (unpaired) electrons. The van der Waals surface area contributed by atoms with Gasteiger partial charge < -0.3 is 4.74 Å². The molecule has 92 valence electrons. The van der Waals surface area contributed by atoms with E-state index in [0.29, 0.717) is 13.0 Å². The monoisotopic (exact) mass is 233 g/mol. The number of nitriles is 1. The zero-order chi connectivity index (χ0) is 12.5. The maximum Gasteiger partial charge on any atom is 0.0635 e. The summed E-state index contributed by atoms with van der Waals surface area (Å²) in [5.74, 6) is 0. The van der Waals surface area contributed by atoms with Crippen LogP contribution in [0.1, 0.15) is 17.7 Å². The van der Waals surface area contributed by atoms with E-state index in [1.807, 2.05) is 6.07 Å². The number of ether oxygens (including phenoxy) is 1. The van der Waals surface area contributed by atoms with Crippen molar-refractivity contribution in [2.75, 3.05) is 26.8 Å². The fourth-order valence-electron chi connectivity index (χ4n) is 1.59. The van der Waals surface area contributed by atoms with E-state index in [4.69, 9.17) is 10.00 Å². The fourth-order valence-corrected chi connectivity index (χ4v) is 1.59. The maximum atomic E-state index is 8.64. The van der Waals surface area contributed by atoms with Gasteiger partial charge in [-0.1, -0.05) is 6.07 Å². The molecule has 0 aliphatic heterocycles. The third-order valence-electron chi connectivity index (χ3n) is 2.64. The van der Waals surface area contributed by atoms with Crippen molar-refractivity contribution >= 4 is 0 Å². The minimum absolute atomic E-state index is 0.537. The first-order valence-corrected chi connectivity index (χ1v) is 5.76. The average Bonchev–Trinajstić information content (AvgIpc) is 2.35. The van der Waals surface area contributed by atoms with E-state index >= 15 is 0 Å². The molecule has 1 aromatic heterocycles. The third-order valence-corrected chi connectivity index (χ3v) is 2.64. The topological polar surface area (TPSA) is 49.1 Å². The van der Waals surface area contributed by atoms with Crippen molar-refractivity contribution in [1.29, 1.82) is 5.26 Å². The maximum absolute atomic E-state index is 8.64. The van der Waals surface area contributed by atoms with Gasteiger partial charge in [0.25, 0.3) is 0 Å². The van der Waals surface area contributed by atoms with E-state index < -0.39 is 0 Å². The summed E-state index contributed by atoms with van der Waals surface area (Å²) in [5.41, 5.74) is 2.26. The molecule has 1 rings (SSSR count). The number of rotatable bonds is 7. The molecule has 0 aliphatic rings. The Morgan fingerprint density at radius 3 is 2.94 bits per heavy atom. The summed E-state index contributed by atoms with van der Waals surface area (Å²) in [6.07, 6.45) is 2.34. The van der Waals surface area contributed by atoms with Crippen LogP contribution in [0.25, 0.3) is 0 Å². The number of methoxy groups -OCH3 is 1. The molecule has 0 bridgehead atoms. The molecule has 0 aromatic carbocycles. The predicted octanol–water partition coefficient (Wildman–Crippen LogP) is 1.75. The van der Waals surface area contributed by atoms with Crippen LogP contribution in [0.2, 0.25) is 0 Å². The van der Waals surface area contributed by atoms with Crippen LogP contribution in [-0.2, 0) is 11.3 Å². The molecule has 0 saturated heterocycles. The minimum Gasteiger partial charge on any atom is -0.383 e. The van der Waals surface area contributed by atoms with Crippen LogP contribution in [0.15, 0.2) is 18.3 Å². The smallest absolute Gasteiger partial charge is 0.0635 e. The second-order valence-electron chi connectivity index (χ2n) is 3.94. The summed E-state index contributed by atoms with van der Waals surface area (Å²) in [5, 5.41) is 8.64. The molecule has 0 N–H and O–H groups in total. The molecular formula is C13H19N3O. The molecule has 0 amide bonds. The van der Waals surface area contributed by atoms with E-state index in [9.17, 15) is 0 Å². The molecule has 0 fully saturated rings. The number of aryl methyl sites for hydroxylation is 1. The van der Waals surface area contributed by atoms with Gasteiger partial charge in [0.05, 0.1) is 18.4 Å². The van der Waals surface area contributed by atoms with Crippen molar-refractivity contribution in [3.63, 3.8) is 0 Å². The number of nitrogens with zero attached hydrogens (tertiary/aromatic N) is 3. The first kappa shape index (κ1) is 13.6. The Morgan fingerprint density at radius 1 is 1.47 bits per heavy atom. The quantitative estimate of drug-likeness (QED) is 0.720. The van der Waals surface area contributed by atoms with Gasteiger partial charge in [0, 0.05) is 39.4 Å². The fraction of sp³-hybridized carbons (Fsp3) is 0.538. The molecule has 0 spiro atoms. The summed E-state index contributed by atoms with van der Waals surface area (Å²) in [4.78, 5) is 6.57. The van der Waals surface area contributed by atoms with Gasteiger partial charge in [-0.25, -0.2) is 0 Å². The van der Waals surface area contributed by atoms with Crippen LogP contribution in [-0.4, -0.2) is 36.7 Å². The Hall–Kier alpha value is -1.44. The van der Waals surface area contributed by atoms with E-state index in [2.05, 4.69) is 28.9 Å². The number of aromatic nitrogens is 1. The van der Waals surface area contributed by atoms with Crippen LogP contribution in [0.4, 0.5) is 0 Å². The van der Waals surface area contributed by atoms with Gasteiger partial charge >= 0.3 is 0 Å². The highest BCUT2D eigenvalue weighted by molar-refractivity contribution is 5.17. The van der Waals surface area contributed by atoms with Crippen molar-refractivity contribution in [2.24, 2.45) is 0 Å². The van der Waals surface area contributed by atoms with Gasteiger partial charge in [0.2, 0.25) is 0 Å². The van der Waals surface area contributed by atoms with E-state index in [0.717, 1.165) is 25.3 Å². The molecule has 1 heterocycles. The van der Waals surface area contributed by atoms with Crippen molar-refractivity contribution in [1.82, 2.24) is 9.88 Å². The molecule has 17 heavy (non-hydrogen) atoms. The Kier molecular flexibility index (Phi) is 6.23. The molecule has 0 unspecified atom stereocenters. The minimum atomic E-state index is 0.537. The van der Waals surface area contributed by atoms with E-state index in [-0.39, 0.29) is 0 Å². The molecule has 1 aromatic rings. The molecule has 0 atom stereocenters. The first-order valence-electron chi connectivity index (χ1n) is 5.76. The SMILES string of the molecule is COCCN(CCC#N)Cc1ncccc1C. The molecule has 0 aliphatic carbocycles. The van der Waals surface area contributed by atoms with Gasteiger partial charge in [0.1, 0.15) is 0 Å². The van der Waals surface area contributed by atoms with Gasteiger partial charge in [-0.15, -0.1) is 0 Å². The van der Waals surface area contributed by atoms with Crippen molar-refractivity contribution in [2.45, 2.75) is 19.9 Å². The first-order chi connectivity index (χ1) is 8.27. The van der Waals surface area contributed by atoms with Crippen LogP contribution in [0.5, 0.6) is 0 Å². The summed E-state index contributed by atoms with van der Waals surface area (Å²) >= 11 is 0. The predicted molar refractivity (Wildman–Crippen MR) is 66.4 cm³/mol. The Labute approximate surface area is 103 Å². The Bertz CT molecular complexity index is 373.